The van der Waals surface area contributed by atoms with E-state index in [0.717, 1.165) is 0 Å². The van der Waals surface area contributed by atoms with E-state index < -0.39 is 34.5 Å². The molecule has 0 spiro atoms. The van der Waals surface area contributed by atoms with Crippen molar-refractivity contribution in [3.8, 4) is 24.0 Å². The maximum absolute atomic E-state index is 10.5. The fourth-order valence-electron chi connectivity index (χ4n) is 4.87. The van der Waals surface area contributed by atoms with Crippen LogP contribution in [0.1, 0.15) is 30.2 Å². The van der Waals surface area contributed by atoms with Crippen LogP contribution < -0.4 is 4.74 Å². The molecule has 1 aromatic carbocycles. The smallest absolute Gasteiger partial charge is 0.219 e. The van der Waals surface area contributed by atoms with Crippen molar-refractivity contribution in [2.24, 2.45) is 17.9 Å². The zero-order valence-corrected chi connectivity index (χ0v) is 16.7. The average Bonchev–Trinajstić information content (AvgIpc) is 3.25. The van der Waals surface area contributed by atoms with Crippen LogP contribution in [0, 0.1) is 50.2 Å². The van der Waals surface area contributed by atoms with Gasteiger partial charge in [0.25, 0.3) is 0 Å². The molecule has 1 N–H and O–H groups in total. The van der Waals surface area contributed by atoms with Crippen molar-refractivity contribution in [3.05, 3.63) is 53.9 Å². The van der Waals surface area contributed by atoms with Gasteiger partial charge in [-0.3, -0.25) is 5.41 Å². The predicted octanol–water partition coefficient (Wildman–Crippen LogP) is 3.16. The van der Waals surface area contributed by atoms with E-state index in [2.05, 4.69) is 18.2 Å². The van der Waals surface area contributed by atoms with Crippen molar-refractivity contribution < 1.29 is 14.2 Å². The van der Waals surface area contributed by atoms with Gasteiger partial charge in [0.15, 0.2) is 5.41 Å². The van der Waals surface area contributed by atoms with E-state index in [1.54, 1.807) is 61.1 Å². The normalized spacial score (nSPS) is 31.1. The van der Waals surface area contributed by atoms with Crippen molar-refractivity contribution in [1.82, 2.24) is 4.57 Å². The van der Waals surface area contributed by atoms with Gasteiger partial charge in [0.05, 0.1) is 31.2 Å². The first kappa shape index (κ1) is 19.5. The molecule has 2 bridgehead atoms. The maximum atomic E-state index is 10.5. The van der Waals surface area contributed by atoms with Crippen LogP contribution in [0.5, 0.6) is 5.75 Å². The molecule has 8 nitrogen and oxygen atoms in total. The van der Waals surface area contributed by atoms with E-state index in [1.165, 1.54) is 7.11 Å². The van der Waals surface area contributed by atoms with E-state index in [-0.39, 0.29) is 0 Å². The number of aryl methyl sites for hydroxylation is 1. The molecule has 30 heavy (non-hydrogen) atoms. The van der Waals surface area contributed by atoms with Gasteiger partial charge in [-0.15, -0.1) is 0 Å². The van der Waals surface area contributed by atoms with Crippen LogP contribution in [-0.4, -0.2) is 23.4 Å². The first-order valence-corrected chi connectivity index (χ1v) is 9.29. The lowest BCUT2D eigenvalue weighted by atomic mass is 9.52. The highest BCUT2D eigenvalue weighted by molar-refractivity contribution is 5.90. The molecule has 4 atom stereocenters. The lowest BCUT2D eigenvalue weighted by molar-refractivity contribution is -0.255. The summed E-state index contributed by atoms with van der Waals surface area (Å²) in [5, 5.41) is 39.7. The summed E-state index contributed by atoms with van der Waals surface area (Å²) < 4.78 is 19.4. The monoisotopic (exact) mass is 401 g/mol. The number of benzene rings is 1. The summed E-state index contributed by atoms with van der Waals surface area (Å²) in [7, 11) is 3.26. The first-order valence-electron chi connectivity index (χ1n) is 9.29. The molecule has 2 saturated heterocycles. The zero-order chi connectivity index (χ0) is 21.7. The number of rotatable bonds is 3. The Morgan fingerprint density at radius 1 is 1.10 bits per heavy atom. The molecule has 2 aromatic rings. The molecule has 2 fully saturated rings. The molecule has 1 aromatic heterocycles. The molecule has 0 aliphatic carbocycles. The van der Waals surface area contributed by atoms with E-state index in [9.17, 15) is 15.8 Å². The molecule has 3 heterocycles. The first-order chi connectivity index (χ1) is 14.3. The van der Waals surface area contributed by atoms with Crippen molar-refractivity contribution in [2.45, 2.75) is 24.7 Å². The van der Waals surface area contributed by atoms with Crippen LogP contribution in [0.15, 0.2) is 42.6 Å². The van der Waals surface area contributed by atoms with E-state index in [1.807, 2.05) is 0 Å². The second-order valence-corrected chi connectivity index (χ2v) is 7.62. The Morgan fingerprint density at radius 2 is 1.80 bits per heavy atom. The Kier molecular flexibility index (Phi) is 4.13. The molecule has 8 heteroatoms. The van der Waals surface area contributed by atoms with Gasteiger partial charge in [-0.2, -0.15) is 15.8 Å². The largest absolute Gasteiger partial charge is 0.496 e. The van der Waals surface area contributed by atoms with Crippen LogP contribution in [0.3, 0.4) is 0 Å². The van der Waals surface area contributed by atoms with Gasteiger partial charge >= 0.3 is 0 Å². The summed E-state index contributed by atoms with van der Waals surface area (Å²) >= 11 is 0. The molecule has 2 aliphatic rings. The van der Waals surface area contributed by atoms with Crippen molar-refractivity contribution >= 4 is 5.90 Å². The van der Waals surface area contributed by atoms with E-state index in [4.69, 9.17) is 19.6 Å². The number of hydrogen-bond acceptors (Lipinski definition) is 7. The number of hydrogen-bond donors (Lipinski definition) is 1. The fourth-order valence-corrected chi connectivity index (χ4v) is 4.87. The minimum absolute atomic E-state index is 0.455. The molecule has 4 rings (SSSR count). The minimum Gasteiger partial charge on any atom is -0.496 e. The van der Waals surface area contributed by atoms with Crippen molar-refractivity contribution in [1.29, 1.82) is 21.2 Å². The molecule has 0 saturated carbocycles. The predicted molar refractivity (Wildman–Crippen MR) is 104 cm³/mol. The summed E-state index contributed by atoms with van der Waals surface area (Å²) in [6.07, 6.45) is 0.658. The van der Waals surface area contributed by atoms with Gasteiger partial charge in [-0.1, -0.05) is 18.2 Å². The quantitative estimate of drug-likeness (QED) is 0.841. The summed E-state index contributed by atoms with van der Waals surface area (Å²) in [6.45, 7) is 1.63. The van der Waals surface area contributed by atoms with Crippen molar-refractivity contribution in [3.63, 3.8) is 0 Å². The molecule has 150 valence electrons. The third-order valence-electron chi connectivity index (χ3n) is 6.22. The van der Waals surface area contributed by atoms with Crippen LogP contribution in [-0.2, 0) is 16.5 Å². The van der Waals surface area contributed by atoms with Crippen molar-refractivity contribution in [2.75, 3.05) is 7.11 Å². The summed E-state index contributed by atoms with van der Waals surface area (Å²) in [4.78, 5) is 0. The number of nitrogens with zero attached hydrogens (tertiary/aromatic N) is 4. The van der Waals surface area contributed by atoms with E-state index >= 15 is 0 Å². The highest BCUT2D eigenvalue weighted by Gasteiger charge is 2.80. The van der Waals surface area contributed by atoms with Gasteiger partial charge in [-0.25, -0.2) is 0 Å². The Hall–Kier alpha value is -3.80. The number of fused-ring (bicyclic) bond motifs is 2. The molecular weight excluding hydrogens is 382 g/mol. The number of methoxy groups -OCH3 is 1. The van der Waals surface area contributed by atoms with Gasteiger partial charge in [-0.05, 0) is 18.2 Å². The number of para-hydroxylation sites is 1. The summed E-state index contributed by atoms with van der Waals surface area (Å²) in [5.74, 6) is -2.40. The Balaban J connectivity index is 2.08. The highest BCUT2D eigenvalue weighted by Crippen LogP contribution is 2.70. The molecule has 0 amide bonds. The Morgan fingerprint density at radius 3 is 2.37 bits per heavy atom. The number of nitrogens with one attached hydrogen (secondary N) is 1. The lowest BCUT2D eigenvalue weighted by Gasteiger charge is -2.48. The second kappa shape index (κ2) is 6.35. The third-order valence-corrected chi connectivity index (χ3v) is 6.22. The van der Waals surface area contributed by atoms with E-state index in [0.29, 0.717) is 17.0 Å². The van der Waals surface area contributed by atoms with Crippen LogP contribution in [0.25, 0.3) is 0 Å². The Bertz CT molecular complexity index is 1150. The minimum atomic E-state index is -2.04. The lowest BCUT2D eigenvalue weighted by Crippen LogP contribution is -2.57. The molecule has 2 aliphatic heterocycles. The van der Waals surface area contributed by atoms with Crippen LogP contribution in [0.4, 0.5) is 0 Å². The summed E-state index contributed by atoms with van der Waals surface area (Å²) in [5.41, 5.74) is -2.87. The summed E-state index contributed by atoms with van der Waals surface area (Å²) in [6, 6.07) is 16.7. The second-order valence-electron chi connectivity index (χ2n) is 7.62. The third kappa shape index (κ3) is 2.08. The average molecular weight is 401 g/mol. The van der Waals surface area contributed by atoms with Gasteiger partial charge in [0, 0.05) is 31.4 Å². The highest BCUT2D eigenvalue weighted by atomic mass is 16.7. The van der Waals surface area contributed by atoms with Gasteiger partial charge in [0.1, 0.15) is 11.9 Å². The Labute approximate surface area is 173 Å². The number of nitriles is 3. The standard InChI is InChI=1S/C22H19N5O3/c1-20-17(14-7-4-5-9-16(14)28-3)22(13-25,19(26)30-20)21(11-23,12-24)18(29-20)15-8-6-10-27(15)2/h4-10,17-18,26H,1-3H3. The maximum Gasteiger partial charge on any atom is 0.219 e. The molecule has 0 radical (unpaired) electrons. The van der Waals surface area contributed by atoms with Crippen LogP contribution in [0.2, 0.25) is 0 Å². The number of ether oxygens (including phenoxy) is 3. The van der Waals surface area contributed by atoms with Gasteiger partial charge < -0.3 is 18.8 Å². The number of aromatic nitrogens is 1. The molecular formula is C22H19N5O3. The zero-order valence-electron chi connectivity index (χ0n) is 16.7. The van der Waals surface area contributed by atoms with Crippen LogP contribution >= 0.6 is 0 Å². The topological polar surface area (TPSA) is 128 Å². The fraction of sp³-hybridized carbons (Fsp3) is 0.364. The SMILES string of the molecule is COc1ccccc1C1C2(C)OC(=N)C1(C#N)C(C#N)(C#N)C(c1cccn1C)O2. The molecule has 4 unspecified atom stereocenters. The van der Waals surface area contributed by atoms with Gasteiger partial charge in [0.2, 0.25) is 17.1 Å².